The van der Waals surface area contributed by atoms with Crippen LogP contribution in [0.1, 0.15) is 22.3 Å². The standard InChI is InChI=1S/C17H21NO/c1-13-6-8-15(9-7-13)12-19-17-14(2)4-3-5-16(17)10-11-18/h3-9H,10-12,18H2,1-2H3. The van der Waals surface area contributed by atoms with Gasteiger partial charge in [0.1, 0.15) is 12.4 Å². The fourth-order valence-corrected chi connectivity index (χ4v) is 2.11. The number of aryl methyl sites for hydroxylation is 2. The Morgan fingerprint density at radius 3 is 2.42 bits per heavy atom. The van der Waals surface area contributed by atoms with Gasteiger partial charge in [0.05, 0.1) is 0 Å². The lowest BCUT2D eigenvalue weighted by Crippen LogP contribution is -2.06. The van der Waals surface area contributed by atoms with Crippen molar-refractivity contribution in [3.8, 4) is 5.75 Å². The Bertz CT molecular complexity index is 531. The number of nitrogens with two attached hydrogens (primary N) is 1. The van der Waals surface area contributed by atoms with Crippen molar-refractivity contribution < 1.29 is 4.74 Å². The van der Waals surface area contributed by atoms with Crippen LogP contribution in [0, 0.1) is 13.8 Å². The summed E-state index contributed by atoms with van der Waals surface area (Å²) in [5, 5.41) is 0. The van der Waals surface area contributed by atoms with E-state index in [1.807, 2.05) is 0 Å². The minimum Gasteiger partial charge on any atom is -0.488 e. The molecular formula is C17H21NO. The van der Waals surface area contributed by atoms with Gasteiger partial charge in [-0.3, -0.25) is 0 Å². The van der Waals surface area contributed by atoms with Crippen LogP contribution in [0.25, 0.3) is 0 Å². The molecule has 2 rings (SSSR count). The largest absolute Gasteiger partial charge is 0.488 e. The van der Waals surface area contributed by atoms with Crippen molar-refractivity contribution in [1.82, 2.24) is 0 Å². The Morgan fingerprint density at radius 1 is 1.00 bits per heavy atom. The highest BCUT2D eigenvalue weighted by molar-refractivity contribution is 5.41. The minimum atomic E-state index is 0.600. The van der Waals surface area contributed by atoms with E-state index in [0.29, 0.717) is 13.2 Å². The second-order valence-electron chi connectivity index (χ2n) is 4.88. The second-order valence-corrected chi connectivity index (χ2v) is 4.88. The molecule has 2 nitrogen and oxygen atoms in total. The van der Waals surface area contributed by atoms with E-state index in [1.165, 1.54) is 16.7 Å². The molecule has 2 aromatic carbocycles. The van der Waals surface area contributed by atoms with Crippen molar-refractivity contribution in [3.63, 3.8) is 0 Å². The summed E-state index contributed by atoms with van der Waals surface area (Å²) in [6.07, 6.45) is 0.852. The molecule has 2 heteroatoms. The van der Waals surface area contributed by atoms with Gasteiger partial charge in [-0.25, -0.2) is 0 Å². The van der Waals surface area contributed by atoms with E-state index in [4.69, 9.17) is 10.5 Å². The predicted molar refractivity (Wildman–Crippen MR) is 79.4 cm³/mol. The number of para-hydroxylation sites is 1. The van der Waals surface area contributed by atoms with Gasteiger partial charge in [0.25, 0.3) is 0 Å². The maximum Gasteiger partial charge on any atom is 0.125 e. The average Bonchev–Trinajstić information content (AvgIpc) is 2.40. The van der Waals surface area contributed by atoms with Crippen LogP contribution in [0.3, 0.4) is 0 Å². The lowest BCUT2D eigenvalue weighted by atomic mass is 10.1. The lowest BCUT2D eigenvalue weighted by Gasteiger charge is -2.14. The van der Waals surface area contributed by atoms with Crippen LogP contribution in [-0.4, -0.2) is 6.54 Å². The molecule has 0 bridgehead atoms. The summed E-state index contributed by atoms with van der Waals surface area (Å²) < 4.78 is 5.99. The van der Waals surface area contributed by atoms with Gasteiger partial charge in [0.2, 0.25) is 0 Å². The van der Waals surface area contributed by atoms with Crippen molar-refractivity contribution >= 4 is 0 Å². The fourth-order valence-electron chi connectivity index (χ4n) is 2.11. The SMILES string of the molecule is Cc1ccc(COc2c(C)cccc2CCN)cc1. The van der Waals surface area contributed by atoms with Crippen LogP contribution >= 0.6 is 0 Å². The molecule has 19 heavy (non-hydrogen) atoms. The van der Waals surface area contributed by atoms with Gasteiger partial charge in [0.15, 0.2) is 0 Å². The first-order valence-corrected chi connectivity index (χ1v) is 6.67. The van der Waals surface area contributed by atoms with Crippen LogP contribution in [0.5, 0.6) is 5.75 Å². The molecule has 2 N–H and O–H groups in total. The third-order valence-corrected chi connectivity index (χ3v) is 3.21. The summed E-state index contributed by atoms with van der Waals surface area (Å²) >= 11 is 0. The van der Waals surface area contributed by atoms with Gasteiger partial charge in [-0.2, -0.15) is 0 Å². The molecule has 0 fully saturated rings. The van der Waals surface area contributed by atoms with E-state index >= 15 is 0 Å². The topological polar surface area (TPSA) is 35.2 Å². The first-order valence-electron chi connectivity index (χ1n) is 6.67. The zero-order valence-electron chi connectivity index (χ0n) is 11.6. The minimum absolute atomic E-state index is 0.600. The molecule has 0 unspecified atom stereocenters. The molecule has 0 amide bonds. The quantitative estimate of drug-likeness (QED) is 0.889. The monoisotopic (exact) mass is 255 g/mol. The van der Waals surface area contributed by atoms with E-state index in [-0.39, 0.29) is 0 Å². The summed E-state index contributed by atoms with van der Waals surface area (Å²) in [4.78, 5) is 0. The van der Waals surface area contributed by atoms with E-state index in [1.54, 1.807) is 0 Å². The molecule has 0 spiro atoms. The molecule has 0 aromatic heterocycles. The third-order valence-electron chi connectivity index (χ3n) is 3.21. The van der Waals surface area contributed by atoms with E-state index in [2.05, 4.69) is 56.3 Å². The molecule has 0 atom stereocenters. The fraction of sp³-hybridized carbons (Fsp3) is 0.294. The van der Waals surface area contributed by atoms with Gasteiger partial charge >= 0.3 is 0 Å². The highest BCUT2D eigenvalue weighted by atomic mass is 16.5. The average molecular weight is 255 g/mol. The number of hydrogen-bond acceptors (Lipinski definition) is 2. The smallest absolute Gasteiger partial charge is 0.125 e. The number of ether oxygens (including phenoxy) is 1. The maximum absolute atomic E-state index is 5.99. The Hall–Kier alpha value is -1.80. The van der Waals surface area contributed by atoms with E-state index in [9.17, 15) is 0 Å². The Labute approximate surface area is 115 Å². The summed E-state index contributed by atoms with van der Waals surface area (Å²) in [5.74, 6) is 0.980. The zero-order chi connectivity index (χ0) is 13.7. The van der Waals surface area contributed by atoms with Crippen molar-refractivity contribution in [1.29, 1.82) is 0 Å². The lowest BCUT2D eigenvalue weighted by molar-refractivity contribution is 0.301. The molecule has 0 radical (unpaired) electrons. The Balaban J connectivity index is 2.12. The summed E-state index contributed by atoms with van der Waals surface area (Å²) in [7, 11) is 0. The normalized spacial score (nSPS) is 10.5. The molecule has 0 saturated carbocycles. The molecule has 0 aliphatic heterocycles. The number of benzene rings is 2. The van der Waals surface area contributed by atoms with Gasteiger partial charge in [0, 0.05) is 0 Å². The first-order chi connectivity index (χ1) is 9.20. The van der Waals surface area contributed by atoms with Crippen molar-refractivity contribution in [2.24, 2.45) is 5.73 Å². The molecule has 0 saturated heterocycles. The highest BCUT2D eigenvalue weighted by Crippen LogP contribution is 2.24. The summed E-state index contributed by atoms with van der Waals surface area (Å²) in [6.45, 7) is 5.41. The van der Waals surface area contributed by atoms with E-state index in [0.717, 1.165) is 17.7 Å². The van der Waals surface area contributed by atoms with Crippen LogP contribution in [0.15, 0.2) is 42.5 Å². The summed E-state index contributed by atoms with van der Waals surface area (Å²) in [6, 6.07) is 14.6. The van der Waals surface area contributed by atoms with Crippen molar-refractivity contribution in [2.75, 3.05) is 6.54 Å². The zero-order valence-corrected chi connectivity index (χ0v) is 11.6. The summed E-state index contributed by atoms with van der Waals surface area (Å²) in [5.41, 5.74) is 10.5. The van der Waals surface area contributed by atoms with Crippen molar-refractivity contribution in [3.05, 3.63) is 64.7 Å². The van der Waals surface area contributed by atoms with Crippen LogP contribution < -0.4 is 10.5 Å². The molecule has 0 aliphatic carbocycles. The maximum atomic E-state index is 5.99. The Morgan fingerprint density at radius 2 is 1.74 bits per heavy atom. The predicted octanol–water partition coefficient (Wildman–Crippen LogP) is 3.38. The first kappa shape index (κ1) is 13.6. The molecule has 0 aliphatic rings. The molecular weight excluding hydrogens is 234 g/mol. The Kier molecular flexibility index (Phi) is 4.58. The molecule has 0 heterocycles. The van der Waals surface area contributed by atoms with Gasteiger partial charge in [-0.15, -0.1) is 0 Å². The van der Waals surface area contributed by atoms with Crippen LogP contribution in [-0.2, 0) is 13.0 Å². The molecule has 100 valence electrons. The van der Waals surface area contributed by atoms with Crippen LogP contribution in [0.4, 0.5) is 0 Å². The van der Waals surface area contributed by atoms with Gasteiger partial charge < -0.3 is 10.5 Å². The van der Waals surface area contributed by atoms with Crippen molar-refractivity contribution in [2.45, 2.75) is 26.9 Å². The van der Waals surface area contributed by atoms with Gasteiger partial charge in [-0.05, 0) is 43.5 Å². The third kappa shape index (κ3) is 3.58. The highest BCUT2D eigenvalue weighted by Gasteiger charge is 2.06. The van der Waals surface area contributed by atoms with E-state index < -0.39 is 0 Å². The second kappa shape index (κ2) is 6.39. The molecule has 2 aromatic rings. The number of hydrogen-bond donors (Lipinski definition) is 1. The van der Waals surface area contributed by atoms with Gasteiger partial charge in [-0.1, -0.05) is 48.0 Å². The van der Waals surface area contributed by atoms with Crippen LogP contribution in [0.2, 0.25) is 0 Å². The number of rotatable bonds is 5.